The lowest BCUT2D eigenvalue weighted by Gasteiger charge is -2.67. The van der Waals surface area contributed by atoms with Crippen molar-refractivity contribution in [1.29, 1.82) is 0 Å². The molecule has 3 fully saturated rings. The molecule has 0 aromatic heterocycles. The number of ether oxygens (including phenoxy) is 2. The molecule has 0 saturated heterocycles. The summed E-state index contributed by atoms with van der Waals surface area (Å²) in [5.41, 5.74) is 1.94. The highest BCUT2D eigenvalue weighted by molar-refractivity contribution is 5.32. The van der Waals surface area contributed by atoms with E-state index in [0.29, 0.717) is 23.2 Å². The molecular weight excluding hydrogens is 432 g/mol. The van der Waals surface area contributed by atoms with Crippen LogP contribution in [0.5, 0.6) is 0 Å². The minimum Gasteiger partial charge on any atom is -0.392 e. The minimum absolute atomic E-state index is 0.136. The average molecular weight is 487 g/mol. The van der Waals surface area contributed by atoms with E-state index in [1.54, 1.807) is 7.11 Å². The molecule has 0 amide bonds. The summed E-state index contributed by atoms with van der Waals surface area (Å²) in [6.45, 7) is 19.1. The Bertz CT molecular complexity index is 855. The zero-order valence-corrected chi connectivity index (χ0v) is 24.4. The predicted octanol–water partition coefficient (Wildman–Crippen LogP) is 7.58. The third-order valence-electron chi connectivity index (χ3n) is 12.3. The summed E-state index contributed by atoms with van der Waals surface area (Å²) in [5, 5.41) is 10.9. The summed E-state index contributed by atoms with van der Waals surface area (Å²) < 4.78 is 12.0. The minimum atomic E-state index is -0.250. The summed E-state index contributed by atoms with van der Waals surface area (Å²) in [5.74, 6) is 2.49. The van der Waals surface area contributed by atoms with E-state index in [1.165, 1.54) is 31.3 Å². The van der Waals surface area contributed by atoms with Gasteiger partial charge >= 0.3 is 0 Å². The quantitative estimate of drug-likeness (QED) is 0.393. The van der Waals surface area contributed by atoms with Gasteiger partial charge in [0.25, 0.3) is 0 Å². The normalized spacial score (nSPS) is 46.0. The van der Waals surface area contributed by atoms with E-state index in [2.05, 4.69) is 73.6 Å². The van der Waals surface area contributed by atoms with Gasteiger partial charge in [-0.1, -0.05) is 65.3 Å². The SMILES string of the molecule is CO[C@H]1C=C2C(CC[C@H](O)C2(C)C)[C@]2(C)CC[C@]3(C)C([C@H](C)C/C=C/C(C)(C)OC)CC[C@@]3(C)C12. The summed E-state index contributed by atoms with van der Waals surface area (Å²) in [6, 6.07) is 0. The first-order valence-electron chi connectivity index (χ1n) is 14.3. The Balaban J connectivity index is 1.67. The van der Waals surface area contributed by atoms with Crippen LogP contribution in [0, 0.1) is 45.3 Å². The lowest BCUT2D eigenvalue weighted by atomic mass is 9.38. The molecule has 35 heavy (non-hydrogen) atoms. The number of hydrogen-bond acceptors (Lipinski definition) is 3. The maximum atomic E-state index is 10.9. The van der Waals surface area contributed by atoms with E-state index >= 15 is 0 Å². The number of methoxy groups -OCH3 is 2. The molecule has 0 radical (unpaired) electrons. The van der Waals surface area contributed by atoms with E-state index in [1.807, 2.05) is 7.11 Å². The topological polar surface area (TPSA) is 38.7 Å². The van der Waals surface area contributed by atoms with Crippen molar-refractivity contribution in [3.05, 3.63) is 23.8 Å². The highest BCUT2D eigenvalue weighted by atomic mass is 16.5. The molecule has 4 aliphatic rings. The van der Waals surface area contributed by atoms with Gasteiger partial charge in [0, 0.05) is 25.6 Å². The van der Waals surface area contributed by atoms with Gasteiger partial charge in [-0.15, -0.1) is 0 Å². The Kier molecular flexibility index (Phi) is 7.03. The molecule has 3 saturated carbocycles. The maximum Gasteiger partial charge on any atom is 0.0802 e. The molecule has 0 spiro atoms. The summed E-state index contributed by atoms with van der Waals surface area (Å²) in [7, 11) is 3.71. The van der Waals surface area contributed by atoms with Crippen molar-refractivity contribution in [2.45, 2.75) is 118 Å². The van der Waals surface area contributed by atoms with Crippen LogP contribution in [-0.2, 0) is 9.47 Å². The molecule has 4 aliphatic carbocycles. The van der Waals surface area contributed by atoms with E-state index in [0.717, 1.165) is 25.2 Å². The first kappa shape index (κ1) is 27.4. The molecule has 0 aromatic carbocycles. The van der Waals surface area contributed by atoms with Crippen molar-refractivity contribution in [3.63, 3.8) is 0 Å². The second-order valence-electron chi connectivity index (χ2n) is 14.6. The number of aliphatic hydroxyl groups excluding tert-OH is 1. The Labute approximate surface area is 216 Å². The predicted molar refractivity (Wildman–Crippen MR) is 145 cm³/mol. The third-order valence-corrected chi connectivity index (χ3v) is 12.3. The molecule has 3 heteroatoms. The fourth-order valence-corrected chi connectivity index (χ4v) is 9.69. The molecular formula is C32H54O3. The summed E-state index contributed by atoms with van der Waals surface area (Å²) >= 11 is 0. The molecule has 0 aromatic rings. The van der Waals surface area contributed by atoms with Crippen LogP contribution in [0.4, 0.5) is 0 Å². The van der Waals surface area contributed by atoms with Gasteiger partial charge in [-0.05, 0) is 92.8 Å². The van der Waals surface area contributed by atoms with Crippen molar-refractivity contribution >= 4 is 0 Å². The Hall–Kier alpha value is -0.640. The van der Waals surface area contributed by atoms with Crippen LogP contribution < -0.4 is 0 Å². The fourth-order valence-electron chi connectivity index (χ4n) is 9.69. The molecule has 1 N–H and O–H groups in total. The van der Waals surface area contributed by atoms with Crippen LogP contribution in [0.25, 0.3) is 0 Å². The number of rotatable bonds is 6. The smallest absolute Gasteiger partial charge is 0.0802 e. The molecule has 9 atom stereocenters. The highest BCUT2D eigenvalue weighted by Gasteiger charge is 2.69. The fraction of sp³-hybridized carbons (Fsp3) is 0.875. The van der Waals surface area contributed by atoms with Crippen molar-refractivity contribution in [2.75, 3.05) is 14.2 Å². The van der Waals surface area contributed by atoms with E-state index in [-0.39, 0.29) is 34.1 Å². The van der Waals surface area contributed by atoms with Crippen molar-refractivity contribution in [1.82, 2.24) is 0 Å². The van der Waals surface area contributed by atoms with Gasteiger partial charge < -0.3 is 14.6 Å². The zero-order valence-electron chi connectivity index (χ0n) is 24.4. The monoisotopic (exact) mass is 486 g/mol. The second kappa shape index (κ2) is 8.98. The van der Waals surface area contributed by atoms with Gasteiger partial charge in [0.1, 0.15) is 0 Å². The average Bonchev–Trinajstić information content (AvgIpc) is 3.07. The lowest BCUT2D eigenvalue weighted by molar-refractivity contribution is -0.182. The summed E-state index contributed by atoms with van der Waals surface area (Å²) in [6.07, 6.45) is 15.3. The first-order chi connectivity index (χ1) is 16.2. The zero-order chi connectivity index (χ0) is 26.0. The van der Waals surface area contributed by atoms with Crippen molar-refractivity contribution in [2.24, 2.45) is 45.3 Å². The van der Waals surface area contributed by atoms with Crippen molar-refractivity contribution < 1.29 is 14.6 Å². The Morgan fingerprint density at radius 3 is 2.34 bits per heavy atom. The van der Waals surface area contributed by atoms with Gasteiger partial charge in [0.05, 0.1) is 17.8 Å². The largest absolute Gasteiger partial charge is 0.392 e. The van der Waals surface area contributed by atoms with Crippen LogP contribution in [0.1, 0.15) is 100 Å². The van der Waals surface area contributed by atoms with Gasteiger partial charge in [-0.25, -0.2) is 0 Å². The van der Waals surface area contributed by atoms with Crippen molar-refractivity contribution in [3.8, 4) is 0 Å². The van der Waals surface area contributed by atoms with Gasteiger partial charge in [0.15, 0.2) is 0 Å². The second-order valence-corrected chi connectivity index (χ2v) is 14.6. The van der Waals surface area contributed by atoms with Gasteiger partial charge in [0.2, 0.25) is 0 Å². The standard InChI is InChI=1S/C32H54O3/c1-21(12-11-16-28(2,3)35-10)22-15-17-32(8)27-25(34-9)20-24-23(13-14-26(33)29(24,4)5)30(27,6)18-19-31(22,32)7/h11,16,20-23,25-27,33H,12-15,17-19H2,1-10H3/b16-11+/t21-,22?,23?,25+,26+,27?,30+,31-,32+/m1/s1. The van der Waals surface area contributed by atoms with Crippen LogP contribution in [-0.4, -0.2) is 37.1 Å². The molecule has 0 bridgehead atoms. The number of fused-ring (bicyclic) bond motifs is 5. The number of aliphatic hydroxyl groups is 1. The van der Waals surface area contributed by atoms with Crippen LogP contribution >= 0.6 is 0 Å². The number of hydrogen-bond donors (Lipinski definition) is 1. The van der Waals surface area contributed by atoms with Crippen LogP contribution in [0.15, 0.2) is 23.8 Å². The van der Waals surface area contributed by atoms with Crippen LogP contribution in [0.2, 0.25) is 0 Å². The van der Waals surface area contributed by atoms with E-state index in [4.69, 9.17) is 9.47 Å². The van der Waals surface area contributed by atoms with E-state index < -0.39 is 0 Å². The van der Waals surface area contributed by atoms with Gasteiger partial charge in [-0.2, -0.15) is 0 Å². The highest BCUT2D eigenvalue weighted by Crippen LogP contribution is 2.75. The Morgan fingerprint density at radius 1 is 1.03 bits per heavy atom. The molecule has 3 nitrogen and oxygen atoms in total. The third kappa shape index (κ3) is 4.02. The molecule has 0 aliphatic heterocycles. The Morgan fingerprint density at radius 2 is 1.71 bits per heavy atom. The maximum absolute atomic E-state index is 10.9. The van der Waals surface area contributed by atoms with E-state index in [9.17, 15) is 5.11 Å². The first-order valence-corrected chi connectivity index (χ1v) is 14.3. The van der Waals surface area contributed by atoms with Gasteiger partial charge in [-0.3, -0.25) is 0 Å². The molecule has 4 rings (SSSR count). The molecule has 3 unspecified atom stereocenters. The number of allylic oxidation sites excluding steroid dienone is 1. The van der Waals surface area contributed by atoms with Crippen LogP contribution in [0.3, 0.4) is 0 Å². The molecule has 200 valence electrons. The molecule has 0 heterocycles. The lowest BCUT2D eigenvalue weighted by Crippen LogP contribution is -2.63. The summed E-state index contributed by atoms with van der Waals surface area (Å²) in [4.78, 5) is 0.